The summed E-state index contributed by atoms with van der Waals surface area (Å²) in [5.74, 6) is 0.0950. The molecule has 2 atom stereocenters. The third-order valence-electron chi connectivity index (χ3n) is 3.33. The van der Waals surface area contributed by atoms with E-state index in [0.717, 1.165) is 19.3 Å². The van der Waals surface area contributed by atoms with Crippen molar-refractivity contribution in [2.75, 3.05) is 0 Å². The predicted octanol–water partition coefficient (Wildman–Crippen LogP) is 1.58. The van der Waals surface area contributed by atoms with Gasteiger partial charge in [-0.25, -0.2) is 0 Å². The van der Waals surface area contributed by atoms with Crippen molar-refractivity contribution in [1.29, 1.82) is 0 Å². The van der Waals surface area contributed by atoms with Crippen molar-refractivity contribution < 1.29 is 9.90 Å². The molecule has 4 N–H and O–H groups in total. The highest BCUT2D eigenvalue weighted by Gasteiger charge is 2.30. The summed E-state index contributed by atoms with van der Waals surface area (Å²) in [6, 6.07) is 6.21. The number of benzene rings is 1. The number of phenols is 1. The molecule has 2 unspecified atom stereocenters. The molecule has 0 radical (unpaired) electrons. The molecule has 5 heteroatoms. The minimum Gasteiger partial charge on any atom is -0.508 e. The fraction of sp³-hybridized carbons (Fsp3) is 0.385. The van der Waals surface area contributed by atoms with Crippen LogP contribution in [0.5, 0.6) is 5.75 Å². The lowest BCUT2D eigenvalue weighted by molar-refractivity contribution is 0.0934. The largest absolute Gasteiger partial charge is 0.508 e. The maximum Gasteiger partial charge on any atom is 0.251 e. The van der Waals surface area contributed by atoms with E-state index >= 15 is 0 Å². The van der Waals surface area contributed by atoms with Crippen LogP contribution in [0.15, 0.2) is 24.3 Å². The number of nitrogens with one attached hydrogen (secondary N) is 1. The van der Waals surface area contributed by atoms with Crippen LogP contribution in [0.1, 0.15) is 29.6 Å². The molecule has 1 aliphatic rings. The lowest BCUT2D eigenvalue weighted by Gasteiger charge is -2.19. The third kappa shape index (κ3) is 2.79. The van der Waals surface area contributed by atoms with E-state index in [-0.39, 0.29) is 23.6 Å². The van der Waals surface area contributed by atoms with Crippen LogP contribution in [0, 0.1) is 5.92 Å². The Labute approximate surface area is 111 Å². The number of aromatic hydroxyl groups is 1. The first-order chi connectivity index (χ1) is 8.58. The summed E-state index contributed by atoms with van der Waals surface area (Å²) in [7, 11) is 0. The summed E-state index contributed by atoms with van der Waals surface area (Å²) >= 11 is 5.01. The minimum atomic E-state index is -0.150. The quantitative estimate of drug-likeness (QED) is 0.724. The van der Waals surface area contributed by atoms with Gasteiger partial charge < -0.3 is 16.2 Å². The molecule has 0 aromatic heterocycles. The first-order valence-electron chi connectivity index (χ1n) is 5.97. The smallest absolute Gasteiger partial charge is 0.251 e. The second kappa shape index (κ2) is 5.35. The molecule has 4 nitrogen and oxygen atoms in total. The van der Waals surface area contributed by atoms with Crippen LogP contribution in [-0.2, 0) is 0 Å². The first-order valence-corrected chi connectivity index (χ1v) is 6.38. The van der Waals surface area contributed by atoms with E-state index in [4.69, 9.17) is 18.0 Å². The maximum absolute atomic E-state index is 12.0. The fourth-order valence-electron chi connectivity index (χ4n) is 2.34. The summed E-state index contributed by atoms with van der Waals surface area (Å²) in [5, 5.41) is 12.1. The number of amides is 1. The van der Waals surface area contributed by atoms with Gasteiger partial charge in [0.2, 0.25) is 0 Å². The van der Waals surface area contributed by atoms with Gasteiger partial charge in [0.1, 0.15) is 5.75 Å². The van der Waals surface area contributed by atoms with Crippen LogP contribution in [-0.4, -0.2) is 22.0 Å². The molecule has 1 aliphatic carbocycles. The summed E-state index contributed by atoms with van der Waals surface area (Å²) in [6.45, 7) is 0. The molecule has 1 aromatic carbocycles. The molecule has 96 valence electrons. The summed E-state index contributed by atoms with van der Waals surface area (Å²) in [4.78, 5) is 12.5. The number of carbonyl (C=O) groups is 1. The van der Waals surface area contributed by atoms with Crippen LogP contribution in [0.2, 0.25) is 0 Å². The average molecular weight is 264 g/mol. The van der Waals surface area contributed by atoms with Crippen LogP contribution < -0.4 is 11.1 Å². The molecule has 2 rings (SSSR count). The van der Waals surface area contributed by atoms with E-state index in [9.17, 15) is 9.90 Å². The molecule has 1 fully saturated rings. The zero-order chi connectivity index (χ0) is 13.1. The topological polar surface area (TPSA) is 75.3 Å². The molecule has 1 saturated carbocycles. The van der Waals surface area contributed by atoms with Gasteiger partial charge in [-0.3, -0.25) is 4.79 Å². The van der Waals surface area contributed by atoms with Gasteiger partial charge in [-0.15, -0.1) is 0 Å². The van der Waals surface area contributed by atoms with Crippen molar-refractivity contribution in [3.8, 4) is 5.75 Å². The van der Waals surface area contributed by atoms with E-state index in [0.29, 0.717) is 10.6 Å². The summed E-state index contributed by atoms with van der Waals surface area (Å²) < 4.78 is 0. The number of rotatable bonds is 3. The van der Waals surface area contributed by atoms with Crippen LogP contribution in [0.4, 0.5) is 0 Å². The Kier molecular flexibility index (Phi) is 3.81. The van der Waals surface area contributed by atoms with Crippen LogP contribution in [0.3, 0.4) is 0 Å². The SMILES string of the molecule is NC(=S)C1CCCC1NC(=O)c1ccc(O)cc1. The molecule has 1 amide bonds. The predicted molar refractivity (Wildman–Crippen MR) is 73.5 cm³/mol. The zero-order valence-corrected chi connectivity index (χ0v) is 10.7. The number of hydrogen-bond donors (Lipinski definition) is 3. The van der Waals surface area contributed by atoms with Crippen molar-refractivity contribution in [3.05, 3.63) is 29.8 Å². The van der Waals surface area contributed by atoms with Gasteiger partial charge in [-0.1, -0.05) is 18.6 Å². The number of thiocarbonyl (C=S) groups is 1. The normalized spacial score (nSPS) is 22.7. The van der Waals surface area contributed by atoms with Gasteiger partial charge in [-0.2, -0.15) is 0 Å². The molecule has 18 heavy (non-hydrogen) atoms. The lowest BCUT2D eigenvalue weighted by Crippen LogP contribution is -2.41. The Balaban J connectivity index is 2.03. The number of carbonyl (C=O) groups excluding carboxylic acids is 1. The minimum absolute atomic E-state index is 0.0313. The number of phenolic OH excluding ortho intramolecular Hbond substituents is 1. The van der Waals surface area contributed by atoms with Crippen LogP contribution >= 0.6 is 12.2 Å². The molecule has 0 saturated heterocycles. The Morgan fingerprint density at radius 1 is 1.33 bits per heavy atom. The highest BCUT2D eigenvalue weighted by atomic mass is 32.1. The second-order valence-electron chi connectivity index (χ2n) is 4.57. The first kappa shape index (κ1) is 12.8. The van der Waals surface area contributed by atoms with E-state index in [2.05, 4.69) is 5.32 Å². The maximum atomic E-state index is 12.0. The monoisotopic (exact) mass is 264 g/mol. The van der Waals surface area contributed by atoms with E-state index < -0.39 is 0 Å². The van der Waals surface area contributed by atoms with Gasteiger partial charge in [0.25, 0.3) is 5.91 Å². The van der Waals surface area contributed by atoms with Gasteiger partial charge in [0, 0.05) is 17.5 Å². The lowest BCUT2D eigenvalue weighted by atomic mass is 10.0. The molecule has 0 bridgehead atoms. The average Bonchev–Trinajstić information content (AvgIpc) is 2.78. The van der Waals surface area contributed by atoms with E-state index in [1.165, 1.54) is 12.1 Å². The molecule has 0 heterocycles. The Morgan fingerprint density at radius 3 is 2.61 bits per heavy atom. The molecule has 1 aromatic rings. The summed E-state index contributed by atoms with van der Waals surface area (Å²) in [6.07, 6.45) is 2.88. The van der Waals surface area contributed by atoms with Crippen molar-refractivity contribution >= 4 is 23.1 Å². The highest BCUT2D eigenvalue weighted by molar-refractivity contribution is 7.80. The number of hydrogen-bond acceptors (Lipinski definition) is 3. The Morgan fingerprint density at radius 2 is 2.00 bits per heavy atom. The standard InChI is InChI=1S/C13H16N2O2S/c14-12(18)10-2-1-3-11(10)15-13(17)8-4-6-9(16)7-5-8/h4-7,10-11,16H,1-3H2,(H2,14,18)(H,15,17). The van der Waals surface area contributed by atoms with Crippen LogP contribution in [0.25, 0.3) is 0 Å². The van der Waals surface area contributed by atoms with Crippen molar-refractivity contribution in [1.82, 2.24) is 5.32 Å². The molecule has 0 aliphatic heterocycles. The van der Waals surface area contributed by atoms with Gasteiger partial charge in [0.05, 0.1) is 4.99 Å². The van der Waals surface area contributed by atoms with Gasteiger partial charge in [-0.05, 0) is 37.1 Å². The van der Waals surface area contributed by atoms with E-state index in [1.807, 2.05) is 0 Å². The van der Waals surface area contributed by atoms with Gasteiger partial charge >= 0.3 is 0 Å². The van der Waals surface area contributed by atoms with Crippen molar-refractivity contribution in [2.24, 2.45) is 11.7 Å². The summed E-state index contributed by atoms with van der Waals surface area (Å²) in [5.41, 5.74) is 6.20. The molecular formula is C13H16N2O2S. The Hall–Kier alpha value is -1.62. The van der Waals surface area contributed by atoms with Crippen molar-refractivity contribution in [3.63, 3.8) is 0 Å². The number of nitrogens with two attached hydrogens (primary N) is 1. The third-order valence-corrected chi connectivity index (χ3v) is 3.63. The van der Waals surface area contributed by atoms with E-state index in [1.54, 1.807) is 12.1 Å². The highest BCUT2D eigenvalue weighted by Crippen LogP contribution is 2.26. The second-order valence-corrected chi connectivity index (χ2v) is 5.04. The van der Waals surface area contributed by atoms with Crippen molar-refractivity contribution in [2.45, 2.75) is 25.3 Å². The Bertz CT molecular complexity index is 459. The fourth-order valence-corrected chi connectivity index (χ4v) is 2.62. The molecule has 0 spiro atoms. The van der Waals surface area contributed by atoms with Gasteiger partial charge in [0.15, 0.2) is 0 Å². The molecular weight excluding hydrogens is 248 g/mol. The zero-order valence-electron chi connectivity index (χ0n) is 9.93.